The Bertz CT molecular complexity index is 1340. The van der Waals surface area contributed by atoms with Crippen LogP contribution in [0.5, 0.6) is 0 Å². The normalized spacial score (nSPS) is 21.4. The molecule has 1 N–H and O–H groups in total. The van der Waals surface area contributed by atoms with Crippen molar-refractivity contribution in [2.45, 2.75) is 37.5 Å². The van der Waals surface area contributed by atoms with Crippen molar-refractivity contribution in [3.05, 3.63) is 77.5 Å². The van der Waals surface area contributed by atoms with Gasteiger partial charge < -0.3 is 15.0 Å². The number of aromatic nitrogens is 2. The van der Waals surface area contributed by atoms with Gasteiger partial charge >= 0.3 is 0 Å². The van der Waals surface area contributed by atoms with E-state index in [1.807, 2.05) is 72.7 Å². The van der Waals surface area contributed by atoms with Crippen molar-refractivity contribution in [2.24, 2.45) is 4.99 Å². The number of benzodiazepines with no additional fused rings is 1. The number of nitrogens with zero attached hydrogens (tertiary/aromatic N) is 5. The summed E-state index contributed by atoms with van der Waals surface area (Å²) < 4.78 is 34.4. The Hall–Kier alpha value is -3.63. The molecule has 1 atom stereocenters. The van der Waals surface area contributed by atoms with Gasteiger partial charge in [-0.3, -0.25) is 19.4 Å². The van der Waals surface area contributed by atoms with Crippen molar-refractivity contribution in [3.8, 4) is 0 Å². The zero-order valence-electron chi connectivity index (χ0n) is 21.2. The van der Waals surface area contributed by atoms with Crippen molar-refractivity contribution in [3.63, 3.8) is 0 Å². The lowest BCUT2D eigenvalue weighted by molar-refractivity contribution is -0.120. The van der Waals surface area contributed by atoms with Crippen molar-refractivity contribution in [2.75, 3.05) is 43.6 Å². The monoisotopic (exact) mass is 520 g/mol. The van der Waals surface area contributed by atoms with E-state index in [-0.39, 0.29) is 24.8 Å². The molecule has 198 valence electrons. The molecule has 0 radical (unpaired) electrons. The highest BCUT2D eigenvalue weighted by Crippen LogP contribution is 2.45. The Balaban J connectivity index is 1.33. The smallest absolute Gasteiger partial charge is 0.264 e. The molecular weight excluding hydrogens is 490 g/mol. The third kappa shape index (κ3) is 4.81. The number of ether oxygens (including phenoxy) is 1. The standard InChI is InChI=1S/C28H30F2N6O2/c1-34(17-20-18-36(21-15-28(29,30)16-21)33-25(20)35-11-13-38-14-12-35)26-27(37)31-23-10-6-5-9-22(23)24(32-26)19-7-3-2-4-8-19/h2-10,18,21,26H,11-17H2,1H3,(H,31,37). The second-order valence-corrected chi connectivity index (χ2v) is 10.1. The molecule has 1 amide bonds. The predicted octanol–water partition coefficient (Wildman–Crippen LogP) is 3.94. The number of anilines is 2. The minimum absolute atomic E-state index is 0.208. The number of para-hydroxylation sites is 1. The first-order chi connectivity index (χ1) is 18.4. The van der Waals surface area contributed by atoms with Crippen LogP contribution >= 0.6 is 0 Å². The quantitative estimate of drug-likeness (QED) is 0.533. The number of benzene rings is 2. The zero-order chi connectivity index (χ0) is 26.3. The second kappa shape index (κ2) is 9.92. The number of hydrogen-bond donors (Lipinski definition) is 1. The number of likely N-dealkylation sites (N-methyl/N-ethyl adjacent to an activating group) is 1. The van der Waals surface area contributed by atoms with Crippen LogP contribution in [0.3, 0.4) is 0 Å². The molecule has 1 aromatic heterocycles. The lowest BCUT2D eigenvalue weighted by Gasteiger charge is -2.35. The first-order valence-corrected chi connectivity index (χ1v) is 12.9. The van der Waals surface area contributed by atoms with Gasteiger partial charge in [-0.15, -0.1) is 0 Å². The molecule has 38 heavy (non-hydrogen) atoms. The third-order valence-corrected chi connectivity index (χ3v) is 7.35. The lowest BCUT2D eigenvalue weighted by Crippen LogP contribution is -2.41. The topological polar surface area (TPSA) is 75.0 Å². The number of hydrogen-bond acceptors (Lipinski definition) is 6. The van der Waals surface area contributed by atoms with E-state index in [0.717, 1.165) is 28.2 Å². The fourth-order valence-electron chi connectivity index (χ4n) is 5.30. The van der Waals surface area contributed by atoms with Crippen LogP contribution in [0.4, 0.5) is 20.3 Å². The van der Waals surface area contributed by atoms with Crippen LogP contribution in [-0.4, -0.2) is 71.7 Å². The zero-order valence-corrected chi connectivity index (χ0v) is 21.2. The number of nitrogens with one attached hydrogen (secondary N) is 1. The average molecular weight is 521 g/mol. The molecule has 1 saturated carbocycles. The van der Waals surface area contributed by atoms with E-state index in [1.54, 1.807) is 4.68 Å². The summed E-state index contributed by atoms with van der Waals surface area (Å²) in [6.07, 6.45) is 0.638. The van der Waals surface area contributed by atoms with E-state index >= 15 is 0 Å². The van der Waals surface area contributed by atoms with Crippen molar-refractivity contribution < 1.29 is 18.3 Å². The summed E-state index contributed by atoms with van der Waals surface area (Å²) in [5.74, 6) is -2.12. The Morgan fingerprint density at radius 3 is 2.53 bits per heavy atom. The number of morpholine rings is 1. The summed E-state index contributed by atoms with van der Waals surface area (Å²) in [4.78, 5) is 22.4. The fraction of sp³-hybridized carbons (Fsp3) is 0.393. The molecule has 8 nitrogen and oxygen atoms in total. The molecule has 3 aliphatic rings. The number of aliphatic imine (C=N–C) groups is 1. The molecular formula is C28H30F2N6O2. The second-order valence-electron chi connectivity index (χ2n) is 10.1. The molecule has 2 fully saturated rings. The maximum atomic E-state index is 13.6. The van der Waals surface area contributed by atoms with Crippen LogP contribution in [0.15, 0.2) is 65.8 Å². The molecule has 0 spiro atoms. The molecule has 1 unspecified atom stereocenters. The summed E-state index contributed by atoms with van der Waals surface area (Å²) in [7, 11) is 1.85. The average Bonchev–Trinajstić information content (AvgIpc) is 3.25. The van der Waals surface area contributed by atoms with E-state index < -0.39 is 12.1 Å². The Kier molecular flexibility index (Phi) is 6.45. The van der Waals surface area contributed by atoms with Gasteiger partial charge in [0.1, 0.15) is 0 Å². The predicted molar refractivity (Wildman–Crippen MR) is 141 cm³/mol. The molecule has 1 aliphatic carbocycles. The van der Waals surface area contributed by atoms with Gasteiger partial charge in [0.05, 0.1) is 30.7 Å². The fourth-order valence-corrected chi connectivity index (χ4v) is 5.30. The summed E-state index contributed by atoms with van der Waals surface area (Å²) in [5, 5.41) is 7.78. The highest BCUT2D eigenvalue weighted by atomic mass is 19.3. The summed E-state index contributed by atoms with van der Waals surface area (Å²) in [6, 6.07) is 17.1. The Morgan fingerprint density at radius 1 is 1.08 bits per heavy atom. The molecule has 2 aliphatic heterocycles. The van der Waals surface area contributed by atoms with Crippen LogP contribution in [0, 0.1) is 0 Å². The first-order valence-electron chi connectivity index (χ1n) is 12.9. The van der Waals surface area contributed by atoms with Gasteiger partial charge in [0.2, 0.25) is 0 Å². The summed E-state index contributed by atoms with van der Waals surface area (Å²) in [6.45, 7) is 2.87. The minimum Gasteiger partial charge on any atom is -0.378 e. The number of carbonyl (C=O) groups is 1. The van der Waals surface area contributed by atoms with Gasteiger partial charge in [-0.1, -0.05) is 48.5 Å². The van der Waals surface area contributed by atoms with E-state index in [0.29, 0.717) is 38.5 Å². The van der Waals surface area contributed by atoms with Gasteiger partial charge in [0.25, 0.3) is 11.8 Å². The molecule has 3 aromatic rings. The van der Waals surface area contributed by atoms with Crippen LogP contribution < -0.4 is 10.2 Å². The number of rotatable bonds is 6. The van der Waals surface area contributed by atoms with Crippen LogP contribution in [0.25, 0.3) is 0 Å². The van der Waals surface area contributed by atoms with Crippen LogP contribution in [0.1, 0.15) is 35.6 Å². The molecule has 6 rings (SSSR count). The Labute approximate surface area is 219 Å². The van der Waals surface area contributed by atoms with Gasteiger partial charge in [-0.2, -0.15) is 5.10 Å². The molecule has 3 heterocycles. The van der Waals surface area contributed by atoms with Crippen molar-refractivity contribution >= 4 is 23.1 Å². The number of amides is 1. The highest BCUT2D eigenvalue weighted by molar-refractivity contribution is 6.19. The highest BCUT2D eigenvalue weighted by Gasteiger charge is 2.47. The van der Waals surface area contributed by atoms with E-state index in [4.69, 9.17) is 14.8 Å². The molecule has 10 heteroatoms. The van der Waals surface area contributed by atoms with E-state index in [1.165, 1.54) is 0 Å². The maximum Gasteiger partial charge on any atom is 0.264 e. The number of alkyl halides is 2. The summed E-state index contributed by atoms with van der Waals surface area (Å²) in [5.41, 5.74) is 4.09. The van der Waals surface area contributed by atoms with Crippen molar-refractivity contribution in [1.29, 1.82) is 0 Å². The minimum atomic E-state index is -2.64. The Morgan fingerprint density at radius 2 is 1.79 bits per heavy atom. The molecule has 1 saturated heterocycles. The SMILES string of the molecule is CN(Cc1cn(C2CC(F)(F)C2)nc1N1CCOCC1)C1N=C(c2ccccc2)c2ccccc2NC1=O. The number of fused-ring (bicyclic) bond motifs is 1. The van der Waals surface area contributed by atoms with Gasteiger partial charge in [0.15, 0.2) is 12.0 Å². The van der Waals surface area contributed by atoms with E-state index in [9.17, 15) is 13.6 Å². The molecule has 0 bridgehead atoms. The van der Waals surface area contributed by atoms with Gasteiger partial charge in [-0.25, -0.2) is 8.78 Å². The maximum absolute atomic E-state index is 13.6. The largest absolute Gasteiger partial charge is 0.378 e. The number of carbonyl (C=O) groups excluding carboxylic acids is 1. The summed E-state index contributed by atoms with van der Waals surface area (Å²) >= 11 is 0. The van der Waals surface area contributed by atoms with Crippen LogP contribution in [0.2, 0.25) is 0 Å². The van der Waals surface area contributed by atoms with Crippen LogP contribution in [-0.2, 0) is 16.1 Å². The van der Waals surface area contributed by atoms with Gasteiger partial charge in [-0.05, 0) is 13.1 Å². The first kappa shape index (κ1) is 24.7. The molecule has 2 aromatic carbocycles. The van der Waals surface area contributed by atoms with Crippen molar-refractivity contribution in [1.82, 2.24) is 14.7 Å². The number of halogens is 2. The van der Waals surface area contributed by atoms with Gasteiger partial charge in [0, 0.05) is 55.4 Å². The lowest BCUT2D eigenvalue weighted by atomic mass is 9.88. The third-order valence-electron chi connectivity index (χ3n) is 7.35. The van der Waals surface area contributed by atoms with E-state index in [2.05, 4.69) is 10.2 Å².